The Hall–Kier alpha value is -2.14. The van der Waals surface area contributed by atoms with Crippen LogP contribution in [0.2, 0.25) is 0 Å². The standard InChI is InChI=1S/C14H11BrN4/c15-12-7-6-10(16)8-11(12)14-17-13(18-19-14)9-4-2-1-3-5-9/h1-8H,16H2,(H,17,18,19). The molecule has 94 valence electrons. The largest absolute Gasteiger partial charge is 0.399 e. The Labute approximate surface area is 118 Å². The van der Waals surface area contributed by atoms with E-state index in [0.29, 0.717) is 17.3 Å². The molecule has 0 bridgehead atoms. The first-order valence-electron chi connectivity index (χ1n) is 5.77. The van der Waals surface area contributed by atoms with Crippen molar-refractivity contribution < 1.29 is 0 Å². The summed E-state index contributed by atoms with van der Waals surface area (Å²) in [6.45, 7) is 0. The lowest BCUT2D eigenvalue weighted by molar-refractivity contribution is 1.10. The van der Waals surface area contributed by atoms with Gasteiger partial charge in [-0.05, 0) is 18.2 Å². The van der Waals surface area contributed by atoms with Crippen molar-refractivity contribution in [2.24, 2.45) is 0 Å². The van der Waals surface area contributed by atoms with Gasteiger partial charge in [-0.25, -0.2) is 4.98 Å². The summed E-state index contributed by atoms with van der Waals surface area (Å²) >= 11 is 3.49. The number of hydrogen-bond donors (Lipinski definition) is 2. The van der Waals surface area contributed by atoms with Crippen molar-refractivity contribution in [1.82, 2.24) is 15.2 Å². The molecule has 19 heavy (non-hydrogen) atoms. The third kappa shape index (κ3) is 2.37. The highest BCUT2D eigenvalue weighted by molar-refractivity contribution is 9.10. The quantitative estimate of drug-likeness (QED) is 0.711. The second kappa shape index (κ2) is 4.85. The molecule has 0 saturated carbocycles. The van der Waals surface area contributed by atoms with E-state index in [1.807, 2.05) is 48.5 Å². The zero-order valence-electron chi connectivity index (χ0n) is 9.97. The average Bonchev–Trinajstić information content (AvgIpc) is 2.92. The van der Waals surface area contributed by atoms with Crippen LogP contribution in [0.15, 0.2) is 53.0 Å². The number of halogens is 1. The van der Waals surface area contributed by atoms with Gasteiger partial charge < -0.3 is 5.73 Å². The molecule has 4 nitrogen and oxygen atoms in total. The third-order valence-electron chi connectivity index (χ3n) is 2.76. The zero-order chi connectivity index (χ0) is 13.2. The maximum absolute atomic E-state index is 5.80. The maximum Gasteiger partial charge on any atom is 0.181 e. The Bertz CT molecular complexity index is 706. The van der Waals surface area contributed by atoms with E-state index in [-0.39, 0.29) is 0 Å². The van der Waals surface area contributed by atoms with Crippen LogP contribution in [0.4, 0.5) is 5.69 Å². The van der Waals surface area contributed by atoms with Crippen molar-refractivity contribution in [2.75, 3.05) is 5.73 Å². The summed E-state index contributed by atoms with van der Waals surface area (Å²) in [5, 5.41) is 7.18. The molecule has 0 fully saturated rings. The summed E-state index contributed by atoms with van der Waals surface area (Å²) in [7, 11) is 0. The molecule has 0 radical (unpaired) electrons. The van der Waals surface area contributed by atoms with Gasteiger partial charge in [0, 0.05) is 21.3 Å². The van der Waals surface area contributed by atoms with E-state index in [2.05, 4.69) is 31.1 Å². The monoisotopic (exact) mass is 314 g/mol. The molecule has 0 spiro atoms. The van der Waals surface area contributed by atoms with Gasteiger partial charge in [0.25, 0.3) is 0 Å². The number of nitrogens with zero attached hydrogens (tertiary/aromatic N) is 2. The average molecular weight is 315 g/mol. The highest BCUT2D eigenvalue weighted by Crippen LogP contribution is 2.28. The smallest absolute Gasteiger partial charge is 0.181 e. The number of aromatic amines is 1. The second-order valence-corrected chi connectivity index (χ2v) is 4.97. The van der Waals surface area contributed by atoms with Gasteiger partial charge in [-0.3, -0.25) is 5.10 Å². The molecule has 3 rings (SSSR count). The summed E-state index contributed by atoms with van der Waals surface area (Å²) in [4.78, 5) is 4.50. The fourth-order valence-electron chi connectivity index (χ4n) is 1.82. The van der Waals surface area contributed by atoms with Crippen molar-refractivity contribution in [1.29, 1.82) is 0 Å². The van der Waals surface area contributed by atoms with Crippen LogP contribution >= 0.6 is 15.9 Å². The van der Waals surface area contributed by atoms with E-state index >= 15 is 0 Å². The lowest BCUT2D eigenvalue weighted by Gasteiger charge is -2.01. The van der Waals surface area contributed by atoms with Crippen molar-refractivity contribution in [2.45, 2.75) is 0 Å². The van der Waals surface area contributed by atoms with E-state index in [1.54, 1.807) is 0 Å². The normalized spacial score (nSPS) is 10.6. The lowest BCUT2D eigenvalue weighted by Crippen LogP contribution is -1.88. The van der Waals surface area contributed by atoms with Crippen molar-refractivity contribution in [3.05, 3.63) is 53.0 Å². The molecule has 2 aromatic carbocycles. The molecule has 1 aromatic heterocycles. The summed E-state index contributed by atoms with van der Waals surface area (Å²) in [6, 6.07) is 15.4. The van der Waals surface area contributed by atoms with Crippen LogP contribution in [0.3, 0.4) is 0 Å². The minimum absolute atomic E-state index is 0.671. The van der Waals surface area contributed by atoms with Crippen LogP contribution in [0.5, 0.6) is 0 Å². The third-order valence-corrected chi connectivity index (χ3v) is 3.45. The molecular weight excluding hydrogens is 304 g/mol. The zero-order valence-corrected chi connectivity index (χ0v) is 11.6. The Morgan fingerprint density at radius 1 is 1.05 bits per heavy atom. The molecule has 0 unspecified atom stereocenters. The molecule has 5 heteroatoms. The first kappa shape index (κ1) is 11.9. The summed E-state index contributed by atoms with van der Waals surface area (Å²) < 4.78 is 0.928. The van der Waals surface area contributed by atoms with E-state index < -0.39 is 0 Å². The molecular formula is C14H11BrN4. The Morgan fingerprint density at radius 3 is 2.63 bits per heavy atom. The summed E-state index contributed by atoms with van der Waals surface area (Å²) in [5.41, 5.74) is 8.37. The molecule has 3 N–H and O–H groups in total. The lowest BCUT2D eigenvalue weighted by atomic mass is 10.2. The topological polar surface area (TPSA) is 67.6 Å². The Balaban J connectivity index is 2.04. The van der Waals surface area contributed by atoms with Crippen LogP contribution in [0, 0.1) is 0 Å². The number of hydrogen-bond acceptors (Lipinski definition) is 3. The van der Waals surface area contributed by atoms with Gasteiger partial charge in [-0.2, -0.15) is 5.10 Å². The van der Waals surface area contributed by atoms with Crippen LogP contribution < -0.4 is 5.73 Å². The van der Waals surface area contributed by atoms with Gasteiger partial charge in [-0.15, -0.1) is 0 Å². The van der Waals surface area contributed by atoms with Gasteiger partial charge >= 0.3 is 0 Å². The number of nitrogens with one attached hydrogen (secondary N) is 1. The molecule has 0 atom stereocenters. The van der Waals surface area contributed by atoms with Crippen LogP contribution in [-0.2, 0) is 0 Å². The fourth-order valence-corrected chi connectivity index (χ4v) is 2.26. The van der Waals surface area contributed by atoms with Crippen LogP contribution in [-0.4, -0.2) is 15.2 Å². The number of aromatic nitrogens is 3. The van der Waals surface area contributed by atoms with Crippen LogP contribution in [0.25, 0.3) is 22.8 Å². The van der Waals surface area contributed by atoms with Crippen molar-refractivity contribution in [3.8, 4) is 22.8 Å². The predicted molar refractivity (Wildman–Crippen MR) is 79.4 cm³/mol. The molecule has 0 aliphatic carbocycles. The van der Waals surface area contributed by atoms with E-state index in [9.17, 15) is 0 Å². The van der Waals surface area contributed by atoms with E-state index in [1.165, 1.54) is 0 Å². The minimum atomic E-state index is 0.671. The van der Waals surface area contributed by atoms with E-state index in [0.717, 1.165) is 15.6 Å². The van der Waals surface area contributed by atoms with Gasteiger partial charge in [0.1, 0.15) is 0 Å². The summed E-state index contributed by atoms with van der Waals surface area (Å²) in [6.07, 6.45) is 0. The Morgan fingerprint density at radius 2 is 1.84 bits per heavy atom. The highest BCUT2D eigenvalue weighted by atomic mass is 79.9. The predicted octanol–water partition coefficient (Wildman–Crippen LogP) is 3.48. The number of nitrogen functional groups attached to an aromatic ring is 1. The first-order chi connectivity index (χ1) is 9.24. The number of H-pyrrole nitrogens is 1. The minimum Gasteiger partial charge on any atom is -0.399 e. The molecule has 0 saturated heterocycles. The van der Waals surface area contributed by atoms with Gasteiger partial charge in [0.05, 0.1) is 0 Å². The van der Waals surface area contributed by atoms with Gasteiger partial charge in [0.15, 0.2) is 11.6 Å². The number of nitrogens with two attached hydrogens (primary N) is 1. The molecule has 0 amide bonds. The molecule has 0 aliphatic rings. The maximum atomic E-state index is 5.80. The first-order valence-corrected chi connectivity index (χ1v) is 6.56. The number of anilines is 1. The molecule has 1 heterocycles. The van der Waals surface area contributed by atoms with Gasteiger partial charge in [0.2, 0.25) is 0 Å². The van der Waals surface area contributed by atoms with Crippen molar-refractivity contribution in [3.63, 3.8) is 0 Å². The highest BCUT2D eigenvalue weighted by Gasteiger charge is 2.10. The number of benzene rings is 2. The molecule has 0 aliphatic heterocycles. The Kier molecular flexibility index (Phi) is 3.05. The van der Waals surface area contributed by atoms with Gasteiger partial charge in [-0.1, -0.05) is 46.3 Å². The SMILES string of the molecule is Nc1ccc(Br)c(-c2nc(-c3ccccc3)n[nH]2)c1. The fraction of sp³-hybridized carbons (Fsp3) is 0. The second-order valence-electron chi connectivity index (χ2n) is 4.11. The summed E-state index contributed by atoms with van der Waals surface area (Å²) in [5.74, 6) is 1.36. The number of rotatable bonds is 2. The van der Waals surface area contributed by atoms with Crippen LogP contribution in [0.1, 0.15) is 0 Å². The van der Waals surface area contributed by atoms with Crippen molar-refractivity contribution >= 4 is 21.6 Å². The van der Waals surface area contributed by atoms with E-state index in [4.69, 9.17) is 5.73 Å². The molecule has 3 aromatic rings.